The van der Waals surface area contributed by atoms with Crippen molar-refractivity contribution >= 4 is 11.6 Å². The Morgan fingerprint density at radius 3 is 2.24 bits per heavy atom. The van der Waals surface area contributed by atoms with Gasteiger partial charge in [-0.3, -0.25) is 4.90 Å². The molecule has 0 N–H and O–H groups in total. The minimum absolute atomic E-state index is 0.727. The van der Waals surface area contributed by atoms with Gasteiger partial charge in [0.1, 0.15) is 18.1 Å². The Labute approximate surface area is 155 Å². The van der Waals surface area contributed by atoms with Crippen molar-refractivity contribution in [1.82, 2.24) is 4.90 Å². The van der Waals surface area contributed by atoms with E-state index in [9.17, 15) is 0 Å². The molecule has 0 aliphatic carbocycles. The number of rotatable bonds is 7. The summed E-state index contributed by atoms with van der Waals surface area (Å²) in [6, 6.07) is 16.0. The maximum absolute atomic E-state index is 5.88. The third kappa shape index (κ3) is 5.65. The summed E-state index contributed by atoms with van der Waals surface area (Å²) in [7, 11) is 1.71. The van der Waals surface area contributed by atoms with Gasteiger partial charge in [0.05, 0.1) is 7.11 Å². The molecule has 0 amide bonds. The fraction of sp³-hybridized carbons (Fsp3) is 0.429. The van der Waals surface area contributed by atoms with Gasteiger partial charge in [0.25, 0.3) is 0 Å². The van der Waals surface area contributed by atoms with Crippen molar-refractivity contribution in [3.05, 3.63) is 59.1 Å². The lowest BCUT2D eigenvalue weighted by molar-refractivity contribution is 0.155. The number of hydrogen-bond donors (Lipinski definition) is 0. The number of benzene rings is 2. The molecule has 134 valence electrons. The molecule has 4 heteroatoms. The highest BCUT2D eigenvalue weighted by molar-refractivity contribution is 6.30. The van der Waals surface area contributed by atoms with Gasteiger partial charge in [-0.15, -0.1) is 0 Å². The van der Waals surface area contributed by atoms with E-state index in [0.717, 1.165) is 48.7 Å². The normalized spacial score (nSPS) is 15.9. The van der Waals surface area contributed by atoms with E-state index in [1.54, 1.807) is 7.11 Å². The minimum atomic E-state index is 0.727. The number of likely N-dealkylation sites (tertiary alicyclic amines) is 1. The van der Waals surface area contributed by atoms with Crippen molar-refractivity contribution in [2.24, 2.45) is 5.92 Å². The van der Waals surface area contributed by atoms with Crippen LogP contribution in [0.25, 0.3) is 0 Å². The molecule has 1 fully saturated rings. The van der Waals surface area contributed by atoms with Crippen LogP contribution in [0.15, 0.2) is 48.5 Å². The molecule has 0 saturated carbocycles. The average molecular weight is 360 g/mol. The highest BCUT2D eigenvalue weighted by Crippen LogP contribution is 2.23. The van der Waals surface area contributed by atoms with E-state index in [2.05, 4.69) is 29.2 Å². The quantitative estimate of drug-likeness (QED) is 0.716. The van der Waals surface area contributed by atoms with Crippen LogP contribution in [0.2, 0.25) is 5.02 Å². The standard InChI is InChI=1S/C21H26ClNO2/c1-24-20-6-2-17(3-7-20)16-18-10-12-23(13-11-18)14-15-25-21-8-4-19(22)5-9-21/h2-9,18H,10-16H2,1H3. The summed E-state index contributed by atoms with van der Waals surface area (Å²) >= 11 is 5.88. The van der Waals surface area contributed by atoms with E-state index in [1.165, 1.54) is 24.8 Å². The Hall–Kier alpha value is -1.71. The second-order valence-electron chi connectivity index (χ2n) is 6.64. The monoisotopic (exact) mass is 359 g/mol. The predicted octanol–water partition coefficient (Wildman–Crippen LogP) is 4.68. The van der Waals surface area contributed by atoms with Gasteiger partial charge in [-0.2, -0.15) is 0 Å². The van der Waals surface area contributed by atoms with Crippen molar-refractivity contribution in [2.75, 3.05) is 33.4 Å². The lowest BCUT2D eigenvalue weighted by Gasteiger charge is -2.31. The zero-order chi connectivity index (χ0) is 17.5. The molecule has 0 unspecified atom stereocenters. The van der Waals surface area contributed by atoms with Gasteiger partial charge in [0, 0.05) is 11.6 Å². The Kier molecular flexibility index (Phi) is 6.60. The number of hydrogen-bond acceptors (Lipinski definition) is 3. The highest BCUT2D eigenvalue weighted by Gasteiger charge is 2.19. The fourth-order valence-electron chi connectivity index (χ4n) is 3.33. The van der Waals surface area contributed by atoms with Crippen LogP contribution < -0.4 is 9.47 Å². The molecule has 0 atom stereocenters. The van der Waals surface area contributed by atoms with E-state index in [4.69, 9.17) is 21.1 Å². The molecule has 0 aromatic heterocycles. The minimum Gasteiger partial charge on any atom is -0.497 e. The molecule has 2 aromatic rings. The number of methoxy groups -OCH3 is 1. The molecule has 1 aliphatic heterocycles. The predicted molar refractivity (Wildman–Crippen MR) is 103 cm³/mol. The molecule has 0 bridgehead atoms. The summed E-state index contributed by atoms with van der Waals surface area (Å²) in [6.07, 6.45) is 3.68. The van der Waals surface area contributed by atoms with Crippen molar-refractivity contribution in [3.63, 3.8) is 0 Å². The lowest BCUT2D eigenvalue weighted by Crippen LogP contribution is -2.37. The molecule has 1 saturated heterocycles. The molecule has 0 radical (unpaired) electrons. The van der Waals surface area contributed by atoms with Crippen molar-refractivity contribution in [3.8, 4) is 11.5 Å². The van der Waals surface area contributed by atoms with E-state index in [0.29, 0.717) is 0 Å². The fourth-order valence-corrected chi connectivity index (χ4v) is 3.46. The molecule has 2 aromatic carbocycles. The smallest absolute Gasteiger partial charge is 0.119 e. The molecule has 0 spiro atoms. The van der Waals surface area contributed by atoms with Gasteiger partial charge in [-0.05, 0) is 80.2 Å². The summed E-state index contributed by atoms with van der Waals surface area (Å²) in [5.41, 5.74) is 1.41. The lowest BCUT2D eigenvalue weighted by atomic mass is 9.90. The first kappa shape index (κ1) is 18.1. The van der Waals surface area contributed by atoms with Crippen molar-refractivity contribution in [2.45, 2.75) is 19.3 Å². The highest BCUT2D eigenvalue weighted by atomic mass is 35.5. The maximum Gasteiger partial charge on any atom is 0.119 e. The zero-order valence-electron chi connectivity index (χ0n) is 14.8. The molecule has 25 heavy (non-hydrogen) atoms. The Morgan fingerprint density at radius 2 is 1.60 bits per heavy atom. The zero-order valence-corrected chi connectivity index (χ0v) is 15.5. The third-order valence-corrected chi connectivity index (χ3v) is 5.13. The topological polar surface area (TPSA) is 21.7 Å². The van der Waals surface area contributed by atoms with Gasteiger partial charge in [-0.1, -0.05) is 23.7 Å². The molecular weight excluding hydrogens is 334 g/mol. The van der Waals surface area contributed by atoms with E-state index in [-0.39, 0.29) is 0 Å². The number of nitrogens with zero attached hydrogens (tertiary/aromatic N) is 1. The molecule has 1 aliphatic rings. The first-order chi connectivity index (χ1) is 12.2. The Morgan fingerprint density at radius 1 is 0.960 bits per heavy atom. The maximum atomic E-state index is 5.88. The van der Waals surface area contributed by atoms with Crippen LogP contribution >= 0.6 is 11.6 Å². The van der Waals surface area contributed by atoms with Crippen LogP contribution in [-0.4, -0.2) is 38.3 Å². The molecular formula is C21H26ClNO2. The van der Waals surface area contributed by atoms with Gasteiger partial charge in [0.15, 0.2) is 0 Å². The number of halogens is 1. The molecule has 1 heterocycles. The number of ether oxygens (including phenoxy) is 2. The van der Waals surface area contributed by atoms with Crippen LogP contribution in [0.3, 0.4) is 0 Å². The largest absolute Gasteiger partial charge is 0.497 e. The first-order valence-corrected chi connectivity index (χ1v) is 9.34. The summed E-state index contributed by atoms with van der Waals surface area (Å²) < 4.78 is 11.0. The van der Waals surface area contributed by atoms with Crippen molar-refractivity contribution in [1.29, 1.82) is 0 Å². The summed E-state index contributed by atoms with van der Waals surface area (Å²) in [5, 5.41) is 0.742. The molecule has 3 nitrogen and oxygen atoms in total. The van der Waals surface area contributed by atoms with Crippen LogP contribution in [0, 0.1) is 5.92 Å². The van der Waals surface area contributed by atoms with Crippen LogP contribution in [-0.2, 0) is 6.42 Å². The van der Waals surface area contributed by atoms with Crippen LogP contribution in [0.1, 0.15) is 18.4 Å². The van der Waals surface area contributed by atoms with Crippen molar-refractivity contribution < 1.29 is 9.47 Å². The second kappa shape index (κ2) is 9.12. The van der Waals surface area contributed by atoms with Crippen LogP contribution in [0.4, 0.5) is 0 Å². The average Bonchev–Trinajstić information content (AvgIpc) is 2.65. The van der Waals surface area contributed by atoms with Gasteiger partial charge in [-0.25, -0.2) is 0 Å². The Balaban J connectivity index is 1.36. The number of piperidine rings is 1. The molecule has 3 rings (SSSR count). The van der Waals surface area contributed by atoms with E-state index < -0.39 is 0 Å². The van der Waals surface area contributed by atoms with E-state index in [1.807, 2.05) is 24.3 Å². The summed E-state index contributed by atoms with van der Waals surface area (Å²) in [6.45, 7) is 4.03. The summed E-state index contributed by atoms with van der Waals surface area (Å²) in [4.78, 5) is 2.50. The van der Waals surface area contributed by atoms with Gasteiger partial charge >= 0.3 is 0 Å². The van der Waals surface area contributed by atoms with E-state index >= 15 is 0 Å². The van der Waals surface area contributed by atoms with Gasteiger partial charge in [0.2, 0.25) is 0 Å². The Bertz CT molecular complexity index is 634. The third-order valence-electron chi connectivity index (χ3n) is 4.88. The summed E-state index contributed by atoms with van der Waals surface area (Å²) in [5.74, 6) is 2.60. The van der Waals surface area contributed by atoms with Gasteiger partial charge < -0.3 is 9.47 Å². The second-order valence-corrected chi connectivity index (χ2v) is 7.08. The first-order valence-electron chi connectivity index (χ1n) is 8.96. The van der Waals surface area contributed by atoms with Crippen LogP contribution in [0.5, 0.6) is 11.5 Å². The SMILES string of the molecule is COc1ccc(CC2CCN(CCOc3ccc(Cl)cc3)CC2)cc1.